The molecule has 5 nitrogen and oxygen atoms in total. The summed E-state index contributed by atoms with van der Waals surface area (Å²) in [6, 6.07) is 7.40. The molecule has 0 bridgehead atoms. The lowest BCUT2D eigenvalue weighted by molar-refractivity contribution is -0.125. The molecule has 2 N–H and O–H groups in total. The predicted molar refractivity (Wildman–Crippen MR) is 97.1 cm³/mol. The second kappa shape index (κ2) is 9.42. The molecular weight excluding hydrogens is 302 g/mol. The quantitative estimate of drug-likeness (QED) is 0.785. The van der Waals surface area contributed by atoms with Crippen LogP contribution < -0.4 is 10.6 Å². The molecule has 0 aromatic heterocycles. The minimum Gasteiger partial charge on any atom is -0.308 e. The molecule has 1 aliphatic heterocycles. The molecule has 1 aliphatic rings. The van der Waals surface area contributed by atoms with E-state index in [1.807, 2.05) is 31.3 Å². The lowest BCUT2D eigenvalue weighted by Gasteiger charge is -2.27. The van der Waals surface area contributed by atoms with E-state index in [4.69, 9.17) is 0 Å². The van der Waals surface area contributed by atoms with E-state index in [-0.39, 0.29) is 11.8 Å². The summed E-state index contributed by atoms with van der Waals surface area (Å²) in [5.41, 5.74) is 1.99. The van der Waals surface area contributed by atoms with Gasteiger partial charge < -0.3 is 10.2 Å². The van der Waals surface area contributed by atoms with Crippen LogP contribution in [0, 0.1) is 5.92 Å². The van der Waals surface area contributed by atoms with Crippen LogP contribution in [-0.4, -0.2) is 37.0 Å². The Hall–Kier alpha value is -1.88. The standard InChI is InChI=1S/C19H29N3O2/c1-3-4-5-6-15-7-9-17(10-8-15)20-19(24)21-18(23)16-11-13-22(2)14-12-16/h7-10,16H,3-6,11-14H2,1-2H3,(H2,20,21,23,24). The van der Waals surface area contributed by atoms with Crippen molar-refractivity contribution in [1.82, 2.24) is 10.2 Å². The number of hydrogen-bond acceptors (Lipinski definition) is 3. The highest BCUT2D eigenvalue weighted by Gasteiger charge is 2.24. The second-order valence-corrected chi connectivity index (χ2v) is 6.67. The topological polar surface area (TPSA) is 61.4 Å². The highest BCUT2D eigenvalue weighted by atomic mass is 16.2. The third-order valence-electron chi connectivity index (χ3n) is 4.61. The summed E-state index contributed by atoms with van der Waals surface area (Å²) >= 11 is 0. The number of likely N-dealkylation sites (tertiary alicyclic amines) is 1. The minimum absolute atomic E-state index is 0.0621. The number of nitrogens with zero attached hydrogens (tertiary/aromatic N) is 1. The smallest absolute Gasteiger partial charge is 0.308 e. The molecule has 1 fully saturated rings. The van der Waals surface area contributed by atoms with E-state index in [0.29, 0.717) is 5.69 Å². The van der Waals surface area contributed by atoms with Crippen molar-refractivity contribution < 1.29 is 9.59 Å². The molecule has 3 amide bonds. The lowest BCUT2D eigenvalue weighted by Crippen LogP contribution is -2.42. The lowest BCUT2D eigenvalue weighted by atomic mass is 9.96. The van der Waals surface area contributed by atoms with Crippen LogP contribution in [0.1, 0.15) is 44.6 Å². The highest BCUT2D eigenvalue weighted by Crippen LogP contribution is 2.16. The van der Waals surface area contributed by atoms with E-state index < -0.39 is 6.03 Å². The fourth-order valence-corrected chi connectivity index (χ4v) is 2.98. The maximum atomic E-state index is 12.1. The van der Waals surface area contributed by atoms with Crippen molar-refractivity contribution in [2.24, 2.45) is 5.92 Å². The molecule has 0 radical (unpaired) electrons. The molecule has 132 valence electrons. The normalized spacial score (nSPS) is 15.9. The average molecular weight is 331 g/mol. The second-order valence-electron chi connectivity index (χ2n) is 6.67. The van der Waals surface area contributed by atoms with Gasteiger partial charge >= 0.3 is 6.03 Å². The Morgan fingerprint density at radius 1 is 1.12 bits per heavy atom. The van der Waals surface area contributed by atoms with E-state index >= 15 is 0 Å². The van der Waals surface area contributed by atoms with Crippen LogP contribution >= 0.6 is 0 Å². The number of benzene rings is 1. The van der Waals surface area contributed by atoms with Crippen LogP contribution in [0.4, 0.5) is 10.5 Å². The molecule has 1 aromatic carbocycles. The number of aryl methyl sites for hydroxylation is 1. The largest absolute Gasteiger partial charge is 0.325 e. The van der Waals surface area contributed by atoms with Crippen LogP contribution in [0.15, 0.2) is 24.3 Å². The van der Waals surface area contributed by atoms with Gasteiger partial charge in [0, 0.05) is 11.6 Å². The maximum absolute atomic E-state index is 12.1. The van der Waals surface area contributed by atoms with E-state index in [1.54, 1.807) is 0 Å². The summed E-state index contributed by atoms with van der Waals surface area (Å²) in [6.07, 6.45) is 6.32. The number of nitrogens with one attached hydrogen (secondary N) is 2. The Balaban J connectivity index is 1.76. The third-order valence-corrected chi connectivity index (χ3v) is 4.61. The Morgan fingerprint density at radius 2 is 1.79 bits per heavy atom. The van der Waals surface area contributed by atoms with Gasteiger partial charge in [0.1, 0.15) is 0 Å². The number of carbonyl (C=O) groups is 2. The fraction of sp³-hybridized carbons (Fsp3) is 0.579. The average Bonchev–Trinajstić information content (AvgIpc) is 2.57. The molecule has 24 heavy (non-hydrogen) atoms. The van der Waals surface area contributed by atoms with E-state index in [2.05, 4.69) is 22.5 Å². The molecule has 1 aromatic rings. The van der Waals surface area contributed by atoms with Gasteiger partial charge in [-0.05, 0) is 63.5 Å². The van der Waals surface area contributed by atoms with Gasteiger partial charge in [0.2, 0.25) is 5.91 Å². The number of anilines is 1. The first kappa shape index (κ1) is 18.5. The van der Waals surface area contributed by atoms with Crippen molar-refractivity contribution >= 4 is 17.6 Å². The molecule has 1 heterocycles. The molecule has 5 heteroatoms. The molecule has 0 atom stereocenters. The first-order valence-corrected chi connectivity index (χ1v) is 8.98. The molecule has 0 saturated carbocycles. The van der Waals surface area contributed by atoms with Crippen molar-refractivity contribution in [3.8, 4) is 0 Å². The number of piperidine rings is 1. The monoisotopic (exact) mass is 331 g/mol. The summed E-state index contributed by atoms with van der Waals surface area (Å²) in [6.45, 7) is 4.00. The van der Waals surface area contributed by atoms with Crippen LogP contribution in [0.2, 0.25) is 0 Å². The minimum atomic E-state index is -0.447. The number of hydrogen-bond donors (Lipinski definition) is 2. The zero-order valence-corrected chi connectivity index (χ0v) is 14.8. The molecule has 0 aliphatic carbocycles. The van der Waals surface area contributed by atoms with E-state index in [1.165, 1.54) is 24.8 Å². The first-order valence-electron chi connectivity index (χ1n) is 8.98. The van der Waals surface area contributed by atoms with Crippen LogP contribution in [0.5, 0.6) is 0 Å². The summed E-state index contributed by atoms with van der Waals surface area (Å²) in [4.78, 5) is 26.3. The van der Waals surface area contributed by atoms with Crippen molar-refractivity contribution in [2.45, 2.75) is 45.4 Å². The number of urea groups is 1. The molecule has 0 unspecified atom stereocenters. The summed E-state index contributed by atoms with van der Waals surface area (Å²) in [7, 11) is 2.05. The van der Waals surface area contributed by atoms with Gasteiger partial charge in [-0.1, -0.05) is 31.9 Å². The van der Waals surface area contributed by atoms with Gasteiger partial charge in [0.05, 0.1) is 0 Å². The molecule has 0 spiro atoms. The number of unbranched alkanes of at least 4 members (excludes halogenated alkanes) is 2. The van der Waals surface area contributed by atoms with Gasteiger partial charge in [-0.2, -0.15) is 0 Å². The number of carbonyl (C=O) groups excluding carboxylic acids is 2. The molecule has 1 saturated heterocycles. The molecule has 2 rings (SSSR count). The van der Waals surface area contributed by atoms with Gasteiger partial charge in [-0.3, -0.25) is 10.1 Å². The van der Waals surface area contributed by atoms with Crippen molar-refractivity contribution in [3.63, 3.8) is 0 Å². The van der Waals surface area contributed by atoms with Crippen molar-refractivity contribution in [2.75, 3.05) is 25.5 Å². The summed E-state index contributed by atoms with van der Waals surface area (Å²) in [5, 5.41) is 5.20. The van der Waals surface area contributed by atoms with Crippen molar-refractivity contribution in [1.29, 1.82) is 0 Å². The summed E-state index contributed by atoms with van der Waals surface area (Å²) < 4.78 is 0. The third kappa shape index (κ3) is 5.96. The fourth-order valence-electron chi connectivity index (χ4n) is 2.98. The van der Waals surface area contributed by atoms with Crippen LogP contribution in [-0.2, 0) is 11.2 Å². The Bertz CT molecular complexity index is 534. The SMILES string of the molecule is CCCCCc1ccc(NC(=O)NC(=O)C2CCN(C)CC2)cc1. The van der Waals surface area contributed by atoms with Gasteiger partial charge in [-0.15, -0.1) is 0 Å². The Morgan fingerprint density at radius 3 is 2.42 bits per heavy atom. The Kier molecular flexibility index (Phi) is 7.25. The van der Waals surface area contributed by atoms with Crippen LogP contribution in [0.25, 0.3) is 0 Å². The number of imide groups is 1. The van der Waals surface area contributed by atoms with Gasteiger partial charge in [0.15, 0.2) is 0 Å². The Labute approximate surface area is 144 Å². The first-order chi connectivity index (χ1) is 11.6. The van der Waals surface area contributed by atoms with Gasteiger partial charge in [0.25, 0.3) is 0 Å². The predicted octanol–water partition coefficient (Wildman–Crippen LogP) is 3.41. The number of amides is 3. The van der Waals surface area contributed by atoms with Gasteiger partial charge in [-0.25, -0.2) is 4.79 Å². The van der Waals surface area contributed by atoms with E-state index in [9.17, 15) is 9.59 Å². The molecular formula is C19H29N3O2. The maximum Gasteiger partial charge on any atom is 0.325 e. The zero-order valence-electron chi connectivity index (χ0n) is 14.8. The number of rotatable bonds is 6. The zero-order chi connectivity index (χ0) is 17.4. The van der Waals surface area contributed by atoms with Crippen molar-refractivity contribution in [3.05, 3.63) is 29.8 Å². The van der Waals surface area contributed by atoms with Crippen LogP contribution in [0.3, 0.4) is 0 Å². The highest BCUT2D eigenvalue weighted by molar-refractivity contribution is 6.01. The van der Waals surface area contributed by atoms with E-state index in [0.717, 1.165) is 32.4 Å². The summed E-state index contributed by atoms with van der Waals surface area (Å²) in [5.74, 6) is -0.232.